The summed E-state index contributed by atoms with van der Waals surface area (Å²) in [5, 5.41) is 13.7. The molecule has 2 aromatic carbocycles. The minimum Gasteiger partial charge on any atom is -0.378 e. The lowest BCUT2D eigenvalue weighted by atomic mass is 9.98. The molecule has 4 aliphatic rings. The van der Waals surface area contributed by atoms with E-state index in [4.69, 9.17) is 19.4 Å². The van der Waals surface area contributed by atoms with Crippen molar-refractivity contribution in [2.75, 3.05) is 99.2 Å². The van der Waals surface area contributed by atoms with E-state index in [2.05, 4.69) is 30.6 Å². The Labute approximate surface area is 437 Å². The summed E-state index contributed by atoms with van der Waals surface area (Å²) in [5.41, 5.74) is 7.54. The van der Waals surface area contributed by atoms with Gasteiger partial charge in [0.15, 0.2) is 0 Å². The molecule has 4 saturated heterocycles. The van der Waals surface area contributed by atoms with Crippen LogP contribution in [0.25, 0.3) is 44.8 Å². The van der Waals surface area contributed by atoms with Crippen LogP contribution in [0.1, 0.15) is 37.8 Å². The fraction of sp³-hybridized carbons (Fsp3) is 0.444. The van der Waals surface area contributed by atoms with Crippen LogP contribution in [-0.2, 0) is 23.6 Å². The van der Waals surface area contributed by atoms with Crippen molar-refractivity contribution in [2.24, 2.45) is 25.9 Å². The molecule has 4 aromatic heterocycles. The summed E-state index contributed by atoms with van der Waals surface area (Å²) >= 11 is 0. The van der Waals surface area contributed by atoms with Gasteiger partial charge >= 0.3 is 12.1 Å². The molecule has 76 heavy (non-hydrogen) atoms. The lowest BCUT2D eigenvalue weighted by Crippen LogP contribution is -2.36. The number of rotatable bonds is 10. The summed E-state index contributed by atoms with van der Waals surface area (Å²) in [7, 11) is 3.67. The van der Waals surface area contributed by atoms with Gasteiger partial charge in [-0.05, 0) is 122 Å². The zero-order valence-electron chi connectivity index (χ0n) is 43.4. The van der Waals surface area contributed by atoms with Crippen molar-refractivity contribution in [3.63, 3.8) is 0 Å². The number of hydrogen-bond acceptors (Lipinski definition) is 10. The lowest BCUT2D eigenvalue weighted by molar-refractivity contribution is -0.0344. The second-order valence-electron chi connectivity index (χ2n) is 20.1. The molecule has 0 spiro atoms. The van der Waals surface area contributed by atoms with Gasteiger partial charge in [-0.25, -0.2) is 45.9 Å². The highest BCUT2D eigenvalue weighted by atomic mass is 19.3. The van der Waals surface area contributed by atoms with Crippen LogP contribution < -0.4 is 20.4 Å². The predicted molar refractivity (Wildman–Crippen MR) is 278 cm³/mol. The number of carbonyl (C=O) groups is 2. The van der Waals surface area contributed by atoms with Gasteiger partial charge < -0.3 is 39.7 Å². The Bertz CT molecular complexity index is 2870. The van der Waals surface area contributed by atoms with Gasteiger partial charge in [0, 0.05) is 102 Å². The van der Waals surface area contributed by atoms with Crippen molar-refractivity contribution >= 4 is 35.1 Å². The summed E-state index contributed by atoms with van der Waals surface area (Å²) in [5.74, 6) is -7.21. The van der Waals surface area contributed by atoms with Crippen LogP contribution >= 0.6 is 0 Å². The van der Waals surface area contributed by atoms with Crippen LogP contribution in [-0.4, -0.2) is 142 Å². The minimum absolute atomic E-state index is 0.00466. The number of halogens is 6. The van der Waals surface area contributed by atoms with Crippen LogP contribution in [0.15, 0.2) is 73.3 Å². The molecular formula is C54H62F6N12O4. The summed E-state index contributed by atoms with van der Waals surface area (Å²) in [6.45, 7) is 10.8. The van der Waals surface area contributed by atoms with Crippen LogP contribution in [0.5, 0.6) is 0 Å². The van der Waals surface area contributed by atoms with E-state index in [0.29, 0.717) is 63.7 Å². The minimum atomic E-state index is -2.87. The third-order valence-corrected chi connectivity index (χ3v) is 14.4. The number of pyridine rings is 2. The fourth-order valence-corrected chi connectivity index (χ4v) is 9.92. The maximum absolute atomic E-state index is 15.0. The molecule has 6 aromatic rings. The Morgan fingerprint density at radius 2 is 0.947 bits per heavy atom. The number of likely N-dealkylation sites (tertiary alicyclic amines) is 2. The van der Waals surface area contributed by atoms with E-state index in [1.54, 1.807) is 47.7 Å². The average molecular weight is 1060 g/mol. The first kappa shape index (κ1) is 53.6. The third kappa shape index (κ3) is 12.4. The number of anilines is 4. The molecular weight excluding hydrogens is 995 g/mol. The van der Waals surface area contributed by atoms with Crippen LogP contribution in [0.4, 0.5) is 58.9 Å². The first-order valence-electron chi connectivity index (χ1n) is 25.3. The topological polar surface area (TPSA) is 151 Å². The quantitative estimate of drug-likeness (QED) is 0.127. The highest BCUT2D eigenvalue weighted by Crippen LogP contribution is 2.38. The molecule has 0 unspecified atom stereocenters. The Balaban J connectivity index is 0.000000186. The zero-order chi connectivity index (χ0) is 54.1. The highest BCUT2D eigenvalue weighted by Gasteiger charge is 2.42. The van der Waals surface area contributed by atoms with Crippen molar-refractivity contribution < 1.29 is 45.4 Å². The van der Waals surface area contributed by atoms with E-state index >= 15 is 0 Å². The monoisotopic (exact) mass is 1060 g/mol. The number of alkyl halides is 4. The van der Waals surface area contributed by atoms with Crippen molar-refractivity contribution in [1.29, 1.82) is 0 Å². The second-order valence-corrected chi connectivity index (χ2v) is 20.1. The number of hydrogen-bond donors (Lipinski definition) is 2. The molecule has 2 N–H and O–H groups in total. The number of carbonyl (C=O) groups excluding carboxylic acids is 2. The van der Waals surface area contributed by atoms with Gasteiger partial charge in [-0.1, -0.05) is 0 Å². The van der Waals surface area contributed by atoms with Crippen molar-refractivity contribution in [3.05, 3.63) is 96.1 Å². The van der Waals surface area contributed by atoms with Crippen molar-refractivity contribution in [1.82, 2.24) is 39.3 Å². The summed E-state index contributed by atoms with van der Waals surface area (Å²) in [6, 6.07) is 12.5. The van der Waals surface area contributed by atoms with E-state index in [9.17, 15) is 35.9 Å². The van der Waals surface area contributed by atoms with E-state index in [1.807, 2.05) is 50.8 Å². The van der Waals surface area contributed by atoms with Gasteiger partial charge in [0.25, 0.3) is 0 Å². The largest absolute Gasteiger partial charge is 0.378 e. The number of nitrogens with zero attached hydrogens (tertiary/aromatic N) is 10. The van der Waals surface area contributed by atoms with Gasteiger partial charge in [0.05, 0.1) is 61.6 Å². The molecule has 4 aliphatic heterocycles. The van der Waals surface area contributed by atoms with Gasteiger partial charge in [0.1, 0.15) is 23.3 Å². The molecule has 0 bridgehead atoms. The predicted octanol–water partition coefficient (Wildman–Crippen LogP) is 9.88. The third-order valence-electron chi connectivity index (χ3n) is 14.4. The average Bonchev–Trinajstić information content (AvgIpc) is 4.26. The Morgan fingerprint density at radius 1 is 0.566 bits per heavy atom. The normalized spacial score (nSPS) is 18.2. The summed E-state index contributed by atoms with van der Waals surface area (Å²) in [6.07, 6.45) is 7.64. The first-order valence-corrected chi connectivity index (χ1v) is 25.3. The van der Waals surface area contributed by atoms with Gasteiger partial charge in [-0.2, -0.15) is 10.2 Å². The zero-order valence-corrected chi connectivity index (χ0v) is 43.4. The number of ether oxygens (including phenoxy) is 2. The number of morpholine rings is 2. The maximum atomic E-state index is 15.0. The molecule has 16 nitrogen and oxygen atoms in total. The van der Waals surface area contributed by atoms with Gasteiger partial charge in [-0.3, -0.25) is 9.36 Å². The van der Waals surface area contributed by atoms with Crippen molar-refractivity contribution in [2.45, 2.75) is 52.4 Å². The Hall–Kier alpha value is -7.20. The molecule has 8 heterocycles. The number of nitrogens with one attached hydrogen (secondary N) is 2. The number of urea groups is 2. The number of amides is 4. The first-order chi connectivity index (χ1) is 36.2. The maximum Gasteiger partial charge on any atom is 0.321 e. The van der Waals surface area contributed by atoms with Crippen LogP contribution in [0.3, 0.4) is 0 Å². The molecule has 22 heteroatoms. The van der Waals surface area contributed by atoms with E-state index in [1.165, 1.54) is 21.9 Å². The second kappa shape index (κ2) is 22.2. The Morgan fingerprint density at radius 3 is 1.28 bits per heavy atom. The molecule has 0 saturated carbocycles. The molecule has 2 atom stereocenters. The SMILES string of the molecule is Cc1cc(F)c(NC(=O)N2CC[C@@H](C(C)(F)F)C2)cc1-c1cc(-c2cnn(C)c2)nc(N2CCOCC2)c1.Cc1cc(F)c(NC(=O)N2CC[C@H](C(C)(F)F)C2)cc1-c1cc(-c2cnn(C)c2)nc(N2CCOCC2)c1. The number of aryl methyl sites for hydroxylation is 4. The smallest absolute Gasteiger partial charge is 0.321 e. The fourth-order valence-electron chi connectivity index (χ4n) is 9.92. The molecule has 0 radical (unpaired) electrons. The van der Waals surface area contributed by atoms with Crippen LogP contribution in [0.2, 0.25) is 0 Å². The highest BCUT2D eigenvalue weighted by molar-refractivity contribution is 5.92. The molecule has 10 rings (SSSR count). The summed E-state index contributed by atoms with van der Waals surface area (Å²) < 4.78 is 99.2. The van der Waals surface area contributed by atoms with E-state index in [-0.39, 0.29) is 50.4 Å². The molecule has 4 fully saturated rings. The van der Waals surface area contributed by atoms with E-state index in [0.717, 1.165) is 70.3 Å². The van der Waals surface area contributed by atoms with E-state index < -0.39 is 47.4 Å². The van der Waals surface area contributed by atoms with Crippen molar-refractivity contribution in [3.8, 4) is 44.8 Å². The number of aromatic nitrogens is 6. The summed E-state index contributed by atoms with van der Waals surface area (Å²) in [4.78, 5) is 42.3. The van der Waals surface area contributed by atoms with Gasteiger partial charge in [0.2, 0.25) is 11.8 Å². The lowest BCUT2D eigenvalue weighted by Gasteiger charge is -2.28. The molecule has 0 aliphatic carbocycles. The molecule has 404 valence electrons. The standard InChI is InChI=1S/2C27H31F3N6O2/c2*1-17-10-22(28)24(33-26(37)36-5-4-20(16-36)27(2,29)30)13-21(17)18-11-23(19-14-31-34(3)15-19)32-25(12-18)35-6-8-38-9-7-35/h2*10-15,20H,4-9,16H2,1-3H3,(H,33,37)/t2*20-/m10/s1. The number of benzene rings is 2. The molecule has 4 amide bonds. The van der Waals surface area contributed by atoms with Crippen LogP contribution in [0, 0.1) is 37.3 Å². The van der Waals surface area contributed by atoms with Gasteiger partial charge in [-0.15, -0.1) is 0 Å². The Kier molecular flexibility index (Phi) is 15.6.